The second kappa shape index (κ2) is 11.6. The molecule has 4 aromatic carbocycles. The van der Waals surface area contributed by atoms with Crippen molar-refractivity contribution < 1.29 is 18.0 Å². The average Bonchev–Trinajstić information content (AvgIpc) is 2.88. The Bertz CT molecular complexity index is 1620. The molecule has 0 saturated heterocycles. The molecule has 4 aromatic rings. The molecule has 0 aliphatic heterocycles. The Balaban J connectivity index is 1.68. The maximum atomic E-state index is 13.6. The van der Waals surface area contributed by atoms with Crippen molar-refractivity contribution in [3.05, 3.63) is 107 Å². The van der Waals surface area contributed by atoms with Gasteiger partial charge in [-0.25, -0.2) is 13.1 Å². The fourth-order valence-corrected chi connectivity index (χ4v) is 6.08. The van der Waals surface area contributed by atoms with Gasteiger partial charge in [-0.2, -0.15) is 0 Å². The van der Waals surface area contributed by atoms with E-state index in [0.29, 0.717) is 32.6 Å². The molecule has 0 unspecified atom stereocenters. The van der Waals surface area contributed by atoms with Gasteiger partial charge >= 0.3 is 0 Å². The van der Waals surface area contributed by atoms with Crippen molar-refractivity contribution in [2.24, 2.45) is 0 Å². The van der Waals surface area contributed by atoms with Crippen molar-refractivity contribution in [2.45, 2.75) is 43.7 Å². The Morgan fingerprint density at radius 3 is 2.15 bits per heavy atom. The van der Waals surface area contributed by atoms with E-state index in [2.05, 4.69) is 15.4 Å². The van der Waals surface area contributed by atoms with Crippen LogP contribution in [0.4, 0.5) is 5.69 Å². The lowest BCUT2D eigenvalue weighted by atomic mass is 10.0. The highest BCUT2D eigenvalue weighted by Crippen LogP contribution is 2.30. The minimum Gasteiger partial charge on any atom is -0.340 e. The van der Waals surface area contributed by atoms with Gasteiger partial charge in [0.05, 0.1) is 4.90 Å². The number of hydrogen-bond donors (Lipinski definition) is 3. The zero-order valence-corrected chi connectivity index (χ0v) is 23.4. The molecule has 3 N–H and O–H groups in total. The lowest BCUT2D eigenvalue weighted by molar-refractivity contribution is -0.118. The fourth-order valence-electron chi connectivity index (χ4n) is 4.23. The largest absolute Gasteiger partial charge is 0.340 e. The summed E-state index contributed by atoms with van der Waals surface area (Å²) >= 11 is 6.36. The number of fused-ring (bicyclic) bond motifs is 1. The standard InChI is InChI=1S/C30H30ClN3O4S/c1-30(2,3)34-39(37,38)27-18-10-14-22-23(27)15-9-17-25(22)32-29(36)26(19-21-13-7-8-16-24(21)31)33-28(35)20-11-5-4-6-12-20/h4-18,26,34H,19H2,1-3H3,(H,32,36)(H,33,35)/t26-/m0/s1. The highest BCUT2D eigenvalue weighted by Gasteiger charge is 2.26. The van der Waals surface area contributed by atoms with Crippen molar-refractivity contribution in [1.29, 1.82) is 0 Å². The summed E-state index contributed by atoms with van der Waals surface area (Å²) in [6.45, 7) is 5.30. The van der Waals surface area contributed by atoms with Gasteiger partial charge in [0.15, 0.2) is 0 Å². The number of hydrogen-bond acceptors (Lipinski definition) is 4. The van der Waals surface area contributed by atoms with Crippen LogP contribution in [0.5, 0.6) is 0 Å². The molecule has 0 saturated carbocycles. The first kappa shape index (κ1) is 28.3. The zero-order valence-electron chi connectivity index (χ0n) is 21.9. The third-order valence-electron chi connectivity index (χ3n) is 5.91. The number of sulfonamides is 1. The summed E-state index contributed by atoms with van der Waals surface area (Å²) in [5.74, 6) is -0.866. The quantitative estimate of drug-likeness (QED) is 0.261. The minimum absolute atomic E-state index is 0.107. The van der Waals surface area contributed by atoms with Crippen molar-refractivity contribution >= 4 is 49.9 Å². The van der Waals surface area contributed by atoms with E-state index < -0.39 is 33.4 Å². The van der Waals surface area contributed by atoms with Gasteiger partial charge in [-0.05, 0) is 56.7 Å². The van der Waals surface area contributed by atoms with E-state index >= 15 is 0 Å². The van der Waals surface area contributed by atoms with Gasteiger partial charge < -0.3 is 10.6 Å². The number of amides is 2. The van der Waals surface area contributed by atoms with Crippen LogP contribution in [0.25, 0.3) is 10.8 Å². The van der Waals surface area contributed by atoms with Crippen LogP contribution in [-0.4, -0.2) is 31.8 Å². The molecule has 9 heteroatoms. The van der Waals surface area contributed by atoms with E-state index in [1.165, 1.54) is 6.07 Å². The molecule has 2 amide bonds. The molecule has 0 spiro atoms. The molecule has 4 rings (SSSR count). The molecule has 0 aromatic heterocycles. The van der Waals surface area contributed by atoms with Crippen LogP contribution in [0.2, 0.25) is 5.02 Å². The molecule has 7 nitrogen and oxygen atoms in total. The van der Waals surface area contributed by atoms with Gasteiger partial charge in [-0.15, -0.1) is 0 Å². The lowest BCUT2D eigenvalue weighted by Gasteiger charge is -2.22. The molecule has 0 fully saturated rings. The lowest BCUT2D eigenvalue weighted by Crippen LogP contribution is -2.45. The van der Waals surface area contributed by atoms with Gasteiger partial charge in [0.1, 0.15) is 6.04 Å². The summed E-state index contributed by atoms with van der Waals surface area (Å²) in [7, 11) is -3.83. The summed E-state index contributed by atoms with van der Waals surface area (Å²) < 4.78 is 28.9. The molecule has 202 valence electrons. The molecule has 39 heavy (non-hydrogen) atoms. The molecular formula is C30H30ClN3O4S. The first-order valence-corrected chi connectivity index (χ1v) is 14.3. The Labute approximate surface area is 233 Å². The zero-order chi connectivity index (χ0) is 28.2. The summed E-state index contributed by atoms with van der Waals surface area (Å²) in [6, 6.07) is 24.8. The molecule has 0 aliphatic carbocycles. The predicted octanol–water partition coefficient (Wildman–Crippen LogP) is 5.55. The number of halogens is 1. The van der Waals surface area contributed by atoms with E-state index in [1.807, 2.05) is 6.07 Å². The number of benzene rings is 4. The second-order valence-electron chi connectivity index (χ2n) is 10.2. The number of nitrogens with one attached hydrogen (secondary N) is 3. The van der Waals surface area contributed by atoms with Crippen LogP contribution in [0, 0.1) is 0 Å². The van der Waals surface area contributed by atoms with Gasteiger partial charge in [-0.1, -0.05) is 72.3 Å². The molecule has 0 bridgehead atoms. The maximum Gasteiger partial charge on any atom is 0.251 e. The summed E-state index contributed by atoms with van der Waals surface area (Å²) in [4.78, 5) is 26.7. The van der Waals surface area contributed by atoms with Crippen molar-refractivity contribution in [2.75, 3.05) is 5.32 Å². The second-order valence-corrected chi connectivity index (χ2v) is 12.2. The van der Waals surface area contributed by atoms with Crippen LogP contribution >= 0.6 is 11.6 Å². The summed E-state index contributed by atoms with van der Waals surface area (Å²) in [5, 5.41) is 7.21. The van der Waals surface area contributed by atoms with Crippen LogP contribution < -0.4 is 15.4 Å². The molecular weight excluding hydrogens is 534 g/mol. The topological polar surface area (TPSA) is 104 Å². The maximum absolute atomic E-state index is 13.6. The average molecular weight is 564 g/mol. The van der Waals surface area contributed by atoms with Crippen molar-refractivity contribution in [1.82, 2.24) is 10.0 Å². The van der Waals surface area contributed by atoms with E-state index in [-0.39, 0.29) is 11.3 Å². The Kier molecular flexibility index (Phi) is 8.39. The summed E-state index contributed by atoms with van der Waals surface area (Å²) in [6.07, 6.45) is 0.157. The molecule has 0 radical (unpaired) electrons. The minimum atomic E-state index is -3.83. The van der Waals surface area contributed by atoms with Crippen LogP contribution in [0.15, 0.2) is 95.9 Å². The highest BCUT2D eigenvalue weighted by atomic mass is 35.5. The van der Waals surface area contributed by atoms with E-state index in [0.717, 1.165) is 0 Å². The first-order valence-electron chi connectivity index (χ1n) is 12.4. The Hall–Kier alpha value is -3.72. The molecule has 0 heterocycles. The highest BCUT2D eigenvalue weighted by molar-refractivity contribution is 7.89. The van der Waals surface area contributed by atoms with Crippen molar-refractivity contribution in [3.63, 3.8) is 0 Å². The SMILES string of the molecule is CC(C)(C)NS(=O)(=O)c1cccc2c(NC(=O)[C@H](Cc3ccccc3Cl)NC(=O)c3ccccc3)cccc12. The third kappa shape index (κ3) is 7.03. The van der Waals surface area contributed by atoms with Gasteiger partial charge in [0.25, 0.3) is 5.91 Å². The van der Waals surface area contributed by atoms with Gasteiger partial charge in [-0.3, -0.25) is 9.59 Å². The van der Waals surface area contributed by atoms with E-state index in [9.17, 15) is 18.0 Å². The van der Waals surface area contributed by atoms with Crippen LogP contribution in [0.3, 0.4) is 0 Å². The summed E-state index contributed by atoms with van der Waals surface area (Å²) in [5.41, 5.74) is 0.867. The third-order valence-corrected chi connectivity index (χ3v) is 8.09. The Morgan fingerprint density at radius 2 is 1.46 bits per heavy atom. The number of carbonyl (C=O) groups excluding carboxylic acids is 2. The van der Waals surface area contributed by atoms with Gasteiger partial charge in [0.2, 0.25) is 15.9 Å². The van der Waals surface area contributed by atoms with E-state index in [1.54, 1.807) is 99.6 Å². The van der Waals surface area contributed by atoms with Gasteiger partial charge in [0, 0.05) is 39.0 Å². The number of carbonyl (C=O) groups is 2. The fraction of sp³-hybridized carbons (Fsp3) is 0.200. The molecule has 1 atom stereocenters. The van der Waals surface area contributed by atoms with Crippen molar-refractivity contribution in [3.8, 4) is 0 Å². The molecule has 0 aliphatic rings. The number of rotatable bonds is 8. The van der Waals surface area contributed by atoms with E-state index in [4.69, 9.17) is 11.6 Å². The number of anilines is 1. The predicted molar refractivity (Wildman–Crippen MR) is 156 cm³/mol. The van der Waals surface area contributed by atoms with Crippen LogP contribution in [0.1, 0.15) is 36.7 Å². The first-order chi connectivity index (χ1) is 18.4. The normalized spacial score (nSPS) is 12.6. The monoisotopic (exact) mass is 563 g/mol. The smallest absolute Gasteiger partial charge is 0.251 e. The van der Waals surface area contributed by atoms with Crippen LogP contribution in [-0.2, 0) is 21.2 Å². The Morgan fingerprint density at radius 1 is 0.821 bits per heavy atom.